The van der Waals surface area contributed by atoms with Crippen molar-refractivity contribution in [2.75, 3.05) is 0 Å². The Balaban J connectivity index is 1.93. The molecular weight excluding hydrogens is 250 g/mol. The minimum atomic E-state index is 0.133. The molecule has 2 heterocycles. The first-order valence-corrected chi connectivity index (χ1v) is 6.67. The second-order valence-corrected chi connectivity index (χ2v) is 4.57. The highest BCUT2D eigenvalue weighted by Crippen LogP contribution is 2.27. The highest BCUT2D eigenvalue weighted by Gasteiger charge is 2.19. The molecule has 0 saturated heterocycles. The summed E-state index contributed by atoms with van der Waals surface area (Å²) >= 11 is 0. The van der Waals surface area contributed by atoms with E-state index in [9.17, 15) is 0 Å². The van der Waals surface area contributed by atoms with E-state index >= 15 is 0 Å². The fourth-order valence-electron chi connectivity index (χ4n) is 2.23. The smallest absolute Gasteiger partial charge is 0.234 e. The van der Waals surface area contributed by atoms with E-state index in [4.69, 9.17) is 4.52 Å². The molecule has 0 fully saturated rings. The van der Waals surface area contributed by atoms with Crippen LogP contribution in [0.2, 0.25) is 0 Å². The molecule has 0 bridgehead atoms. The van der Waals surface area contributed by atoms with E-state index in [-0.39, 0.29) is 5.92 Å². The summed E-state index contributed by atoms with van der Waals surface area (Å²) in [5.41, 5.74) is 2.06. The van der Waals surface area contributed by atoms with E-state index in [0.29, 0.717) is 11.7 Å². The zero-order chi connectivity index (χ0) is 13.8. The number of hydrogen-bond donors (Lipinski definition) is 0. The van der Waals surface area contributed by atoms with Crippen LogP contribution < -0.4 is 0 Å². The van der Waals surface area contributed by atoms with Crippen LogP contribution in [0.25, 0.3) is 11.4 Å². The van der Waals surface area contributed by atoms with Crippen molar-refractivity contribution in [3.63, 3.8) is 0 Å². The summed E-state index contributed by atoms with van der Waals surface area (Å²) in [5, 5.41) is 4.05. The van der Waals surface area contributed by atoms with E-state index < -0.39 is 0 Å². The van der Waals surface area contributed by atoms with E-state index in [1.807, 2.05) is 30.3 Å². The summed E-state index contributed by atoms with van der Waals surface area (Å²) in [7, 11) is 0. The molecule has 0 aliphatic carbocycles. The first-order chi connectivity index (χ1) is 9.88. The summed E-state index contributed by atoms with van der Waals surface area (Å²) in [6, 6.07) is 14.0. The van der Waals surface area contributed by atoms with Gasteiger partial charge in [-0.2, -0.15) is 4.98 Å². The van der Waals surface area contributed by atoms with Gasteiger partial charge >= 0.3 is 0 Å². The maximum atomic E-state index is 5.44. The van der Waals surface area contributed by atoms with E-state index in [2.05, 4.69) is 34.2 Å². The molecule has 0 radical (unpaired) electrons. The normalized spacial score (nSPS) is 12.2. The van der Waals surface area contributed by atoms with Gasteiger partial charge in [-0.25, -0.2) is 0 Å². The molecule has 1 atom stereocenters. The Morgan fingerprint density at radius 3 is 2.65 bits per heavy atom. The van der Waals surface area contributed by atoms with Crippen LogP contribution in [-0.2, 0) is 0 Å². The van der Waals surface area contributed by atoms with Crippen molar-refractivity contribution in [1.82, 2.24) is 15.1 Å². The van der Waals surface area contributed by atoms with Crippen LogP contribution in [0, 0.1) is 0 Å². The van der Waals surface area contributed by atoms with Gasteiger partial charge in [0.05, 0.1) is 5.92 Å². The lowest BCUT2D eigenvalue weighted by Gasteiger charge is -2.09. The number of benzene rings is 1. The highest BCUT2D eigenvalue weighted by molar-refractivity contribution is 5.52. The molecule has 0 amide bonds. The van der Waals surface area contributed by atoms with Crippen molar-refractivity contribution in [3.8, 4) is 11.4 Å². The van der Waals surface area contributed by atoms with Gasteiger partial charge in [-0.15, -0.1) is 0 Å². The van der Waals surface area contributed by atoms with E-state index in [1.54, 1.807) is 12.4 Å². The molecule has 0 spiro atoms. The monoisotopic (exact) mass is 265 g/mol. The Morgan fingerprint density at radius 1 is 1.10 bits per heavy atom. The van der Waals surface area contributed by atoms with Crippen LogP contribution in [-0.4, -0.2) is 15.1 Å². The summed E-state index contributed by atoms with van der Waals surface area (Å²) < 4.78 is 5.44. The standard InChI is InChI=1S/C16H15N3O/c1-2-14(12-7-4-3-5-8-12)16-18-15(19-20-16)13-9-6-10-17-11-13/h3-11,14H,2H2,1H3/t14-/m1/s1. The predicted octanol–water partition coefficient (Wildman–Crippen LogP) is 3.67. The fourth-order valence-corrected chi connectivity index (χ4v) is 2.23. The summed E-state index contributed by atoms with van der Waals surface area (Å²) in [6.07, 6.45) is 4.38. The third kappa shape index (κ3) is 2.45. The van der Waals surface area contributed by atoms with Crippen LogP contribution >= 0.6 is 0 Å². The van der Waals surface area contributed by atoms with Gasteiger partial charge in [0, 0.05) is 18.0 Å². The largest absolute Gasteiger partial charge is 0.338 e. The molecule has 100 valence electrons. The number of rotatable bonds is 4. The van der Waals surface area contributed by atoms with Crippen LogP contribution in [0.4, 0.5) is 0 Å². The second-order valence-electron chi connectivity index (χ2n) is 4.57. The minimum Gasteiger partial charge on any atom is -0.338 e. The first kappa shape index (κ1) is 12.5. The predicted molar refractivity (Wildman–Crippen MR) is 76.1 cm³/mol. The first-order valence-electron chi connectivity index (χ1n) is 6.67. The molecule has 3 aromatic rings. The molecule has 0 N–H and O–H groups in total. The molecule has 4 heteroatoms. The van der Waals surface area contributed by atoms with Crippen LogP contribution in [0.3, 0.4) is 0 Å². The SMILES string of the molecule is CC[C@H](c1ccccc1)c1nc(-c2cccnc2)no1. The maximum absolute atomic E-state index is 5.44. The Bertz CT molecular complexity index is 664. The van der Waals surface area contributed by atoms with E-state index in [1.165, 1.54) is 5.56 Å². The average Bonchev–Trinajstić information content (AvgIpc) is 3.00. The van der Waals surface area contributed by atoms with Gasteiger partial charge in [0.2, 0.25) is 11.7 Å². The lowest BCUT2D eigenvalue weighted by atomic mass is 9.96. The van der Waals surface area contributed by atoms with Crippen LogP contribution in [0.5, 0.6) is 0 Å². The molecular formula is C16H15N3O. The van der Waals surface area contributed by atoms with Gasteiger partial charge in [0.1, 0.15) is 0 Å². The van der Waals surface area contributed by atoms with Gasteiger partial charge < -0.3 is 4.52 Å². The third-order valence-corrected chi connectivity index (χ3v) is 3.27. The molecule has 0 aliphatic heterocycles. The molecule has 4 nitrogen and oxygen atoms in total. The van der Waals surface area contributed by atoms with Gasteiger partial charge in [-0.05, 0) is 24.1 Å². The number of aromatic nitrogens is 3. The molecule has 0 unspecified atom stereocenters. The minimum absolute atomic E-state index is 0.133. The molecule has 3 rings (SSSR count). The summed E-state index contributed by atoms with van der Waals surface area (Å²) in [6.45, 7) is 2.12. The molecule has 20 heavy (non-hydrogen) atoms. The Morgan fingerprint density at radius 2 is 1.95 bits per heavy atom. The molecule has 1 aromatic carbocycles. The molecule has 0 aliphatic rings. The van der Waals surface area contributed by atoms with Crippen LogP contribution in [0.15, 0.2) is 59.4 Å². The lowest BCUT2D eigenvalue weighted by molar-refractivity contribution is 0.363. The quantitative estimate of drug-likeness (QED) is 0.722. The van der Waals surface area contributed by atoms with Gasteiger partial charge in [0.15, 0.2) is 0 Å². The average molecular weight is 265 g/mol. The molecule has 2 aromatic heterocycles. The maximum Gasteiger partial charge on any atom is 0.234 e. The number of nitrogens with zero attached hydrogens (tertiary/aromatic N) is 3. The zero-order valence-corrected chi connectivity index (χ0v) is 11.2. The van der Waals surface area contributed by atoms with Gasteiger partial charge in [0.25, 0.3) is 0 Å². The Hall–Kier alpha value is -2.49. The topological polar surface area (TPSA) is 51.8 Å². The summed E-state index contributed by atoms with van der Waals surface area (Å²) in [5.74, 6) is 1.37. The summed E-state index contributed by atoms with van der Waals surface area (Å²) in [4.78, 5) is 8.58. The van der Waals surface area contributed by atoms with Crippen LogP contribution in [0.1, 0.15) is 30.7 Å². The van der Waals surface area contributed by atoms with Crippen molar-refractivity contribution in [3.05, 3.63) is 66.3 Å². The Kier molecular flexibility index (Phi) is 3.54. The molecule has 0 saturated carbocycles. The van der Waals surface area contributed by atoms with E-state index in [0.717, 1.165) is 12.0 Å². The van der Waals surface area contributed by atoms with Crippen molar-refractivity contribution >= 4 is 0 Å². The number of hydrogen-bond acceptors (Lipinski definition) is 4. The van der Waals surface area contributed by atoms with Gasteiger partial charge in [-0.3, -0.25) is 4.98 Å². The highest BCUT2D eigenvalue weighted by atomic mass is 16.5. The third-order valence-electron chi connectivity index (χ3n) is 3.27. The lowest BCUT2D eigenvalue weighted by Crippen LogP contribution is -1.99. The Labute approximate surface area is 117 Å². The van der Waals surface area contributed by atoms with Gasteiger partial charge in [-0.1, -0.05) is 42.4 Å². The second kappa shape index (κ2) is 5.65. The van der Waals surface area contributed by atoms with Crippen molar-refractivity contribution in [1.29, 1.82) is 0 Å². The fraction of sp³-hybridized carbons (Fsp3) is 0.188. The zero-order valence-electron chi connectivity index (χ0n) is 11.2. The van der Waals surface area contributed by atoms with Crippen molar-refractivity contribution < 1.29 is 4.52 Å². The number of pyridine rings is 1. The van der Waals surface area contributed by atoms with Crippen molar-refractivity contribution in [2.24, 2.45) is 0 Å². The van der Waals surface area contributed by atoms with Crippen molar-refractivity contribution in [2.45, 2.75) is 19.3 Å².